The number of amides is 1. The highest BCUT2D eigenvalue weighted by Crippen LogP contribution is 2.21. The predicted octanol–water partition coefficient (Wildman–Crippen LogP) is 3.26. The monoisotopic (exact) mass is 296 g/mol. The Hall–Kier alpha value is -2.70. The van der Waals surface area contributed by atoms with Crippen molar-refractivity contribution >= 4 is 17.3 Å². The number of halogens is 3. The summed E-state index contributed by atoms with van der Waals surface area (Å²) < 4.78 is 41.1. The highest BCUT2D eigenvalue weighted by molar-refractivity contribution is 6.05. The Morgan fingerprint density at radius 1 is 1.14 bits per heavy atom. The molecule has 0 heterocycles. The Morgan fingerprint density at radius 2 is 1.81 bits per heavy atom. The summed E-state index contributed by atoms with van der Waals surface area (Å²) in [7, 11) is 0. The lowest BCUT2D eigenvalue weighted by Gasteiger charge is -2.09. The molecule has 0 spiro atoms. The molecule has 0 aliphatic carbocycles. The quantitative estimate of drug-likeness (QED) is 0.851. The molecule has 1 amide bonds. The minimum absolute atomic E-state index is 0.0529. The summed E-state index contributed by atoms with van der Waals surface area (Å²) >= 11 is 0. The van der Waals surface area contributed by atoms with Crippen LogP contribution in [-0.2, 0) is 0 Å². The molecule has 0 atom stereocenters. The SMILES string of the molecule is Nc1cc(F)ccc1NC(=O)c1ccc(OC(F)F)cc1. The van der Waals surface area contributed by atoms with Gasteiger partial charge in [-0.25, -0.2) is 4.39 Å². The topological polar surface area (TPSA) is 64.3 Å². The van der Waals surface area contributed by atoms with E-state index in [1.165, 1.54) is 30.3 Å². The minimum atomic E-state index is -2.93. The molecule has 0 aromatic heterocycles. The van der Waals surface area contributed by atoms with E-state index in [0.717, 1.165) is 12.1 Å². The van der Waals surface area contributed by atoms with Crippen molar-refractivity contribution in [3.05, 3.63) is 53.8 Å². The Labute approximate surface area is 118 Å². The molecule has 2 aromatic rings. The number of nitrogen functional groups attached to an aromatic ring is 1. The van der Waals surface area contributed by atoms with Gasteiger partial charge in [-0.1, -0.05) is 0 Å². The number of hydrogen-bond acceptors (Lipinski definition) is 3. The standard InChI is InChI=1S/C14H11F3N2O2/c15-9-3-6-12(11(18)7-9)19-13(20)8-1-4-10(5-2-8)21-14(16)17/h1-7,14H,18H2,(H,19,20). The van der Waals surface area contributed by atoms with Gasteiger partial charge in [0.1, 0.15) is 11.6 Å². The fraction of sp³-hybridized carbons (Fsp3) is 0.0714. The third-order valence-electron chi connectivity index (χ3n) is 2.60. The van der Waals surface area contributed by atoms with Crippen molar-refractivity contribution in [1.82, 2.24) is 0 Å². The van der Waals surface area contributed by atoms with E-state index in [0.29, 0.717) is 0 Å². The van der Waals surface area contributed by atoms with E-state index in [2.05, 4.69) is 10.1 Å². The van der Waals surface area contributed by atoms with Crippen LogP contribution in [-0.4, -0.2) is 12.5 Å². The van der Waals surface area contributed by atoms with Crippen LogP contribution in [0.3, 0.4) is 0 Å². The first-order chi connectivity index (χ1) is 9.95. The second-order valence-corrected chi connectivity index (χ2v) is 4.09. The van der Waals surface area contributed by atoms with Gasteiger partial charge in [-0.15, -0.1) is 0 Å². The van der Waals surface area contributed by atoms with Crippen LogP contribution in [0.2, 0.25) is 0 Å². The Kier molecular flexibility index (Phi) is 4.32. The van der Waals surface area contributed by atoms with Crippen LogP contribution in [0.25, 0.3) is 0 Å². The average molecular weight is 296 g/mol. The highest BCUT2D eigenvalue weighted by Gasteiger charge is 2.10. The molecule has 4 nitrogen and oxygen atoms in total. The summed E-state index contributed by atoms with van der Waals surface area (Å²) in [5, 5.41) is 2.49. The Morgan fingerprint density at radius 3 is 2.38 bits per heavy atom. The molecule has 0 saturated heterocycles. The van der Waals surface area contributed by atoms with E-state index >= 15 is 0 Å². The maximum Gasteiger partial charge on any atom is 0.387 e. The number of nitrogens with one attached hydrogen (secondary N) is 1. The van der Waals surface area contributed by atoms with Gasteiger partial charge in [0.25, 0.3) is 5.91 Å². The number of hydrogen-bond donors (Lipinski definition) is 2. The molecule has 0 saturated carbocycles. The van der Waals surface area contributed by atoms with Gasteiger partial charge in [0.15, 0.2) is 0 Å². The lowest BCUT2D eigenvalue weighted by atomic mass is 10.2. The summed E-state index contributed by atoms with van der Waals surface area (Å²) in [6, 6.07) is 8.71. The number of alkyl halides is 2. The zero-order valence-corrected chi connectivity index (χ0v) is 10.6. The fourth-order valence-electron chi connectivity index (χ4n) is 1.63. The van der Waals surface area contributed by atoms with Crippen molar-refractivity contribution in [2.24, 2.45) is 0 Å². The number of rotatable bonds is 4. The van der Waals surface area contributed by atoms with Gasteiger partial charge in [-0.3, -0.25) is 4.79 Å². The summed E-state index contributed by atoms with van der Waals surface area (Å²) in [5.74, 6) is -1.07. The molecular formula is C14H11F3N2O2. The van der Waals surface area contributed by atoms with E-state index < -0.39 is 18.3 Å². The van der Waals surface area contributed by atoms with E-state index in [1.54, 1.807) is 0 Å². The van der Waals surface area contributed by atoms with Crippen LogP contribution >= 0.6 is 0 Å². The van der Waals surface area contributed by atoms with Crippen LogP contribution in [0.5, 0.6) is 5.75 Å². The lowest BCUT2D eigenvalue weighted by Crippen LogP contribution is -2.13. The number of benzene rings is 2. The second-order valence-electron chi connectivity index (χ2n) is 4.09. The average Bonchev–Trinajstić information content (AvgIpc) is 2.42. The molecule has 2 rings (SSSR count). The number of ether oxygens (including phenoxy) is 1. The first-order valence-corrected chi connectivity index (χ1v) is 5.87. The molecule has 2 aromatic carbocycles. The third-order valence-corrected chi connectivity index (χ3v) is 2.60. The first-order valence-electron chi connectivity index (χ1n) is 5.87. The largest absolute Gasteiger partial charge is 0.435 e. The van der Waals surface area contributed by atoms with Gasteiger partial charge in [0.05, 0.1) is 11.4 Å². The molecular weight excluding hydrogens is 285 g/mol. The molecule has 110 valence electrons. The number of anilines is 2. The normalized spacial score (nSPS) is 10.5. The molecule has 0 aliphatic rings. The molecule has 0 radical (unpaired) electrons. The van der Waals surface area contributed by atoms with Gasteiger partial charge in [-0.2, -0.15) is 8.78 Å². The first kappa shape index (κ1) is 14.7. The maximum absolute atomic E-state index is 12.9. The van der Waals surface area contributed by atoms with Gasteiger partial charge >= 0.3 is 6.61 Å². The Bertz CT molecular complexity index is 645. The molecule has 0 bridgehead atoms. The molecule has 7 heteroatoms. The van der Waals surface area contributed by atoms with Crippen LogP contribution in [0.4, 0.5) is 24.5 Å². The smallest absolute Gasteiger partial charge is 0.387 e. The van der Waals surface area contributed by atoms with Crippen molar-refractivity contribution in [3.63, 3.8) is 0 Å². The van der Waals surface area contributed by atoms with Crippen LogP contribution in [0, 0.1) is 5.82 Å². The second kappa shape index (κ2) is 6.17. The van der Waals surface area contributed by atoms with Crippen LogP contribution in [0.15, 0.2) is 42.5 Å². The van der Waals surface area contributed by atoms with Gasteiger partial charge in [0, 0.05) is 5.56 Å². The van der Waals surface area contributed by atoms with Crippen molar-refractivity contribution in [1.29, 1.82) is 0 Å². The van der Waals surface area contributed by atoms with Crippen molar-refractivity contribution in [2.75, 3.05) is 11.1 Å². The molecule has 3 N–H and O–H groups in total. The summed E-state index contributed by atoms with van der Waals surface area (Å²) in [5.41, 5.74) is 6.13. The lowest BCUT2D eigenvalue weighted by molar-refractivity contribution is -0.0498. The predicted molar refractivity (Wildman–Crippen MR) is 71.8 cm³/mol. The molecule has 0 unspecified atom stereocenters. The zero-order chi connectivity index (χ0) is 15.4. The molecule has 0 fully saturated rings. The van der Waals surface area contributed by atoms with E-state index in [1.807, 2.05) is 0 Å². The molecule has 0 aliphatic heterocycles. The zero-order valence-electron chi connectivity index (χ0n) is 10.6. The van der Waals surface area contributed by atoms with E-state index in [9.17, 15) is 18.0 Å². The maximum atomic E-state index is 12.9. The van der Waals surface area contributed by atoms with Crippen molar-refractivity contribution < 1.29 is 22.7 Å². The number of carbonyl (C=O) groups excluding carboxylic acids is 1. The minimum Gasteiger partial charge on any atom is -0.435 e. The number of nitrogens with two attached hydrogens (primary N) is 1. The number of carbonyl (C=O) groups is 1. The highest BCUT2D eigenvalue weighted by atomic mass is 19.3. The summed E-state index contributed by atoms with van der Waals surface area (Å²) in [6.07, 6.45) is 0. The van der Waals surface area contributed by atoms with E-state index in [-0.39, 0.29) is 22.7 Å². The fourth-order valence-corrected chi connectivity index (χ4v) is 1.63. The van der Waals surface area contributed by atoms with Gasteiger partial charge in [-0.05, 0) is 42.5 Å². The Balaban J connectivity index is 2.09. The van der Waals surface area contributed by atoms with Gasteiger partial charge in [0.2, 0.25) is 0 Å². The third kappa shape index (κ3) is 3.88. The molecule has 21 heavy (non-hydrogen) atoms. The van der Waals surface area contributed by atoms with Crippen molar-refractivity contribution in [2.45, 2.75) is 6.61 Å². The summed E-state index contributed by atoms with van der Waals surface area (Å²) in [6.45, 7) is -2.93. The summed E-state index contributed by atoms with van der Waals surface area (Å²) in [4.78, 5) is 11.9. The van der Waals surface area contributed by atoms with Gasteiger partial charge < -0.3 is 15.8 Å². The van der Waals surface area contributed by atoms with E-state index in [4.69, 9.17) is 5.73 Å². The van der Waals surface area contributed by atoms with Crippen LogP contribution in [0.1, 0.15) is 10.4 Å². The van der Waals surface area contributed by atoms with Crippen molar-refractivity contribution in [3.8, 4) is 5.75 Å². The van der Waals surface area contributed by atoms with Crippen LogP contribution < -0.4 is 15.8 Å².